The fourth-order valence-electron chi connectivity index (χ4n) is 3.86. The lowest BCUT2D eigenvalue weighted by Crippen LogP contribution is -2.46. The van der Waals surface area contributed by atoms with E-state index in [4.69, 9.17) is 5.73 Å². The predicted molar refractivity (Wildman–Crippen MR) is 102 cm³/mol. The lowest BCUT2D eigenvalue weighted by molar-refractivity contribution is -0.117. The minimum atomic E-state index is -0.363. The lowest BCUT2D eigenvalue weighted by Gasteiger charge is -2.44. The van der Waals surface area contributed by atoms with E-state index in [1.807, 2.05) is 29.2 Å². The van der Waals surface area contributed by atoms with Crippen LogP contribution in [-0.2, 0) is 4.79 Å². The SMILES string of the molecule is C[C@H](Sc1ccccc1C(=O)N1CCC[C@]2(CC=CCC2)C1)C(N)=O. The Bertz CT molecular complexity index is 688. The Hall–Kier alpha value is -1.75. The molecule has 2 atom stereocenters. The normalized spacial score (nSPS) is 24.3. The topological polar surface area (TPSA) is 63.4 Å². The van der Waals surface area contributed by atoms with Crippen LogP contribution in [0, 0.1) is 5.41 Å². The molecule has 1 aliphatic carbocycles. The van der Waals surface area contributed by atoms with Gasteiger partial charge >= 0.3 is 0 Å². The average molecular weight is 359 g/mol. The van der Waals surface area contributed by atoms with Crippen LogP contribution in [0.25, 0.3) is 0 Å². The average Bonchev–Trinajstić information content (AvgIpc) is 2.62. The van der Waals surface area contributed by atoms with Gasteiger partial charge in [-0.2, -0.15) is 0 Å². The van der Waals surface area contributed by atoms with Crippen LogP contribution in [0.4, 0.5) is 0 Å². The summed E-state index contributed by atoms with van der Waals surface area (Å²) >= 11 is 1.36. The summed E-state index contributed by atoms with van der Waals surface area (Å²) in [5, 5.41) is -0.356. The van der Waals surface area contributed by atoms with Gasteiger partial charge < -0.3 is 10.6 Å². The van der Waals surface area contributed by atoms with Crippen molar-refractivity contribution >= 4 is 23.6 Å². The standard InChI is InChI=1S/C20H26N2O2S/c1-15(18(21)23)25-17-9-4-3-8-16(17)19(24)22-13-7-12-20(14-22)10-5-2-6-11-20/h2-5,8-9,15H,6-7,10-14H2,1H3,(H2,21,23)/t15-,20+/m0/s1. The van der Waals surface area contributed by atoms with Crippen LogP contribution in [0.15, 0.2) is 41.3 Å². The number of amides is 2. The third-order valence-corrected chi connectivity index (χ3v) is 6.53. The molecule has 0 aromatic heterocycles. The molecule has 134 valence electrons. The molecule has 1 aliphatic heterocycles. The van der Waals surface area contributed by atoms with Crippen LogP contribution in [-0.4, -0.2) is 35.1 Å². The minimum Gasteiger partial charge on any atom is -0.369 e. The first-order valence-corrected chi connectivity index (χ1v) is 9.88. The third kappa shape index (κ3) is 4.09. The van der Waals surface area contributed by atoms with Gasteiger partial charge in [-0.1, -0.05) is 24.3 Å². The van der Waals surface area contributed by atoms with Crippen molar-refractivity contribution in [3.8, 4) is 0 Å². The Morgan fingerprint density at radius 3 is 2.76 bits per heavy atom. The molecular weight excluding hydrogens is 332 g/mol. The molecule has 1 heterocycles. The van der Waals surface area contributed by atoms with Crippen LogP contribution in [0.2, 0.25) is 0 Å². The molecule has 0 saturated carbocycles. The number of nitrogens with two attached hydrogens (primary N) is 1. The fourth-order valence-corrected chi connectivity index (χ4v) is 4.80. The van der Waals surface area contributed by atoms with Gasteiger partial charge in [0.25, 0.3) is 5.91 Å². The smallest absolute Gasteiger partial charge is 0.255 e. The first kappa shape index (κ1) is 18.1. The summed E-state index contributed by atoms with van der Waals surface area (Å²) in [6, 6.07) is 7.55. The minimum absolute atomic E-state index is 0.0772. The first-order chi connectivity index (χ1) is 12.0. The van der Waals surface area contributed by atoms with Gasteiger partial charge in [0.1, 0.15) is 0 Å². The van der Waals surface area contributed by atoms with Crippen molar-refractivity contribution in [2.24, 2.45) is 11.1 Å². The second-order valence-electron chi connectivity index (χ2n) is 7.20. The summed E-state index contributed by atoms with van der Waals surface area (Å²) in [6.45, 7) is 3.42. The number of hydrogen-bond acceptors (Lipinski definition) is 3. The lowest BCUT2D eigenvalue weighted by atomic mass is 9.71. The van der Waals surface area contributed by atoms with Crippen molar-refractivity contribution in [1.82, 2.24) is 4.90 Å². The monoisotopic (exact) mass is 358 g/mol. The van der Waals surface area contributed by atoms with Crippen LogP contribution < -0.4 is 5.73 Å². The molecular formula is C20H26N2O2S. The molecule has 0 unspecified atom stereocenters. The van der Waals surface area contributed by atoms with Gasteiger partial charge in [-0.15, -0.1) is 11.8 Å². The second-order valence-corrected chi connectivity index (χ2v) is 8.59. The zero-order valence-corrected chi connectivity index (χ0v) is 15.6. The molecule has 1 spiro atoms. The summed E-state index contributed by atoms with van der Waals surface area (Å²) < 4.78 is 0. The molecule has 5 heteroatoms. The number of carbonyl (C=O) groups excluding carboxylic acids is 2. The predicted octanol–water partition coefficient (Wildman–Crippen LogP) is 3.62. The molecule has 3 rings (SSSR count). The highest BCUT2D eigenvalue weighted by Crippen LogP contribution is 2.41. The summed E-state index contributed by atoms with van der Waals surface area (Å²) in [5.74, 6) is -0.286. The first-order valence-electron chi connectivity index (χ1n) is 9.00. The van der Waals surface area contributed by atoms with Crippen molar-refractivity contribution in [1.29, 1.82) is 0 Å². The van der Waals surface area contributed by atoms with Crippen molar-refractivity contribution in [2.75, 3.05) is 13.1 Å². The number of primary amides is 1. The van der Waals surface area contributed by atoms with E-state index in [0.29, 0.717) is 5.56 Å². The molecule has 0 radical (unpaired) electrons. The van der Waals surface area contributed by atoms with Gasteiger partial charge in [-0.3, -0.25) is 9.59 Å². The van der Waals surface area contributed by atoms with E-state index in [1.165, 1.54) is 24.6 Å². The quantitative estimate of drug-likeness (QED) is 0.660. The maximum atomic E-state index is 13.2. The Balaban J connectivity index is 1.78. The Kier molecular flexibility index (Phi) is 5.52. The van der Waals surface area contributed by atoms with E-state index in [-0.39, 0.29) is 22.5 Å². The van der Waals surface area contributed by atoms with E-state index in [9.17, 15) is 9.59 Å². The largest absolute Gasteiger partial charge is 0.369 e. The molecule has 1 saturated heterocycles. The summed E-state index contributed by atoms with van der Waals surface area (Å²) in [4.78, 5) is 27.4. The van der Waals surface area contributed by atoms with Gasteiger partial charge in [-0.25, -0.2) is 0 Å². The molecule has 1 aromatic carbocycles. The zero-order valence-electron chi connectivity index (χ0n) is 14.7. The third-order valence-electron chi connectivity index (χ3n) is 5.33. The number of carbonyl (C=O) groups is 2. The van der Waals surface area contributed by atoms with E-state index in [0.717, 1.165) is 37.2 Å². The van der Waals surface area contributed by atoms with Crippen molar-refractivity contribution < 1.29 is 9.59 Å². The van der Waals surface area contributed by atoms with Crippen LogP contribution in [0.3, 0.4) is 0 Å². The summed E-state index contributed by atoms with van der Waals surface area (Å²) in [5.41, 5.74) is 6.32. The van der Waals surface area contributed by atoms with E-state index < -0.39 is 0 Å². The molecule has 25 heavy (non-hydrogen) atoms. The highest BCUT2D eigenvalue weighted by molar-refractivity contribution is 8.00. The summed E-state index contributed by atoms with van der Waals surface area (Å²) in [6.07, 6.45) is 10.2. The number of rotatable bonds is 4. The van der Waals surface area contributed by atoms with Crippen LogP contribution in [0.5, 0.6) is 0 Å². The zero-order chi connectivity index (χ0) is 17.9. The van der Waals surface area contributed by atoms with Crippen molar-refractivity contribution in [3.63, 3.8) is 0 Å². The van der Waals surface area contributed by atoms with E-state index >= 15 is 0 Å². The van der Waals surface area contributed by atoms with Gasteiger partial charge in [0, 0.05) is 18.0 Å². The number of piperidine rings is 1. The van der Waals surface area contributed by atoms with Crippen molar-refractivity contribution in [3.05, 3.63) is 42.0 Å². The maximum absolute atomic E-state index is 13.2. The number of benzene rings is 1. The molecule has 1 aromatic rings. The molecule has 0 bridgehead atoms. The number of nitrogens with zero attached hydrogens (tertiary/aromatic N) is 1. The highest BCUT2D eigenvalue weighted by Gasteiger charge is 2.37. The van der Waals surface area contributed by atoms with Gasteiger partial charge in [-0.05, 0) is 56.6 Å². The number of likely N-dealkylation sites (tertiary alicyclic amines) is 1. The fraction of sp³-hybridized carbons (Fsp3) is 0.500. The molecule has 2 amide bonds. The Morgan fingerprint density at radius 2 is 2.04 bits per heavy atom. The number of allylic oxidation sites excluding steroid dienone is 2. The van der Waals surface area contributed by atoms with Gasteiger partial charge in [0.15, 0.2) is 0 Å². The molecule has 1 fully saturated rings. The number of thioether (sulfide) groups is 1. The van der Waals surface area contributed by atoms with Crippen molar-refractivity contribution in [2.45, 2.75) is 49.2 Å². The Morgan fingerprint density at radius 1 is 1.24 bits per heavy atom. The van der Waals surface area contributed by atoms with Gasteiger partial charge in [0.2, 0.25) is 5.91 Å². The van der Waals surface area contributed by atoms with E-state index in [2.05, 4.69) is 12.2 Å². The molecule has 4 nitrogen and oxygen atoms in total. The van der Waals surface area contributed by atoms with E-state index in [1.54, 1.807) is 6.92 Å². The van der Waals surface area contributed by atoms with Crippen LogP contribution >= 0.6 is 11.8 Å². The summed E-state index contributed by atoms with van der Waals surface area (Å²) in [7, 11) is 0. The Labute approximate surface area is 153 Å². The highest BCUT2D eigenvalue weighted by atomic mass is 32.2. The maximum Gasteiger partial charge on any atom is 0.255 e. The molecule has 2 N–H and O–H groups in total. The van der Waals surface area contributed by atoms with Crippen LogP contribution in [0.1, 0.15) is 49.4 Å². The molecule has 2 aliphatic rings. The second kappa shape index (κ2) is 7.65. The number of hydrogen-bond donors (Lipinski definition) is 1. The van der Waals surface area contributed by atoms with Gasteiger partial charge in [0.05, 0.1) is 10.8 Å².